The third-order valence-electron chi connectivity index (χ3n) is 1.88. The summed E-state index contributed by atoms with van der Waals surface area (Å²) in [5.41, 5.74) is 0.752. The molecule has 0 heterocycles. The molecule has 0 fully saturated rings. The van der Waals surface area contributed by atoms with Crippen LogP contribution in [0.4, 0.5) is 4.79 Å². The molecule has 0 spiro atoms. The first-order valence-corrected chi connectivity index (χ1v) is 6.21. The average molecular weight is 259 g/mol. The number of aliphatic carboxylic acids is 1. The molecule has 1 atom stereocenters. The van der Waals surface area contributed by atoms with E-state index in [1.165, 1.54) is 18.9 Å². The lowest BCUT2D eigenvalue weighted by Gasteiger charge is -2.15. The fourth-order valence-corrected chi connectivity index (χ4v) is 1.49. The van der Waals surface area contributed by atoms with Crippen molar-refractivity contribution in [2.75, 3.05) is 13.4 Å². The molecule has 0 aromatic carbocycles. The highest BCUT2D eigenvalue weighted by Crippen LogP contribution is 2.10. The van der Waals surface area contributed by atoms with Crippen LogP contribution in [0.25, 0.3) is 0 Å². The zero-order valence-electron chi connectivity index (χ0n) is 9.93. The smallest absolute Gasteiger partial charge is 0.407 e. The zero-order chi connectivity index (χ0) is 13.3. The number of rotatable bonds is 7. The molecule has 0 aromatic rings. The van der Waals surface area contributed by atoms with Gasteiger partial charge in [0.15, 0.2) is 0 Å². The lowest BCUT2D eigenvalue weighted by molar-refractivity contribution is -0.137. The molecule has 0 aromatic heterocycles. The molecule has 0 saturated heterocycles. The number of hydrogen-bond acceptors (Lipinski definition) is 4. The van der Waals surface area contributed by atoms with Crippen molar-refractivity contribution in [3.8, 4) is 0 Å². The number of hydrogen-bond donors (Lipinski definition) is 2. The van der Waals surface area contributed by atoms with Crippen LogP contribution in [0.15, 0.2) is 23.6 Å². The average Bonchev–Trinajstić information content (AvgIpc) is 2.25. The van der Waals surface area contributed by atoms with Crippen LogP contribution in [0.3, 0.4) is 0 Å². The van der Waals surface area contributed by atoms with E-state index in [2.05, 4.69) is 16.6 Å². The van der Waals surface area contributed by atoms with Gasteiger partial charge in [-0.1, -0.05) is 18.2 Å². The molecule has 0 aliphatic heterocycles. The Hall–Kier alpha value is -1.43. The number of carboxylic acid groups (broad SMARTS) is 1. The quantitative estimate of drug-likeness (QED) is 0.684. The van der Waals surface area contributed by atoms with Gasteiger partial charge in [-0.2, -0.15) is 0 Å². The summed E-state index contributed by atoms with van der Waals surface area (Å²) in [5, 5.41) is 13.0. The van der Waals surface area contributed by atoms with Crippen LogP contribution in [0, 0.1) is 0 Å². The van der Waals surface area contributed by atoms with Crippen molar-refractivity contribution in [3.63, 3.8) is 0 Å². The predicted molar refractivity (Wildman–Crippen MR) is 68.0 cm³/mol. The van der Waals surface area contributed by atoms with Crippen molar-refractivity contribution < 1.29 is 19.4 Å². The fraction of sp³-hybridized carbons (Fsp3) is 0.455. The molecule has 0 rings (SSSR count). The van der Waals surface area contributed by atoms with Crippen LogP contribution in [0.2, 0.25) is 0 Å². The summed E-state index contributed by atoms with van der Waals surface area (Å²) in [6, 6.07) is -0.515. The van der Waals surface area contributed by atoms with E-state index in [-0.39, 0.29) is 6.42 Å². The van der Waals surface area contributed by atoms with E-state index < -0.39 is 18.1 Å². The summed E-state index contributed by atoms with van der Waals surface area (Å²) in [7, 11) is 1.23. The van der Waals surface area contributed by atoms with Gasteiger partial charge in [-0.25, -0.2) is 4.79 Å². The van der Waals surface area contributed by atoms with Gasteiger partial charge in [-0.15, -0.1) is 11.8 Å². The van der Waals surface area contributed by atoms with Crippen molar-refractivity contribution in [2.24, 2.45) is 0 Å². The molecule has 1 unspecified atom stereocenters. The van der Waals surface area contributed by atoms with Gasteiger partial charge in [-0.3, -0.25) is 4.79 Å². The Bertz CT molecular complexity index is 315. The molecule has 0 aliphatic carbocycles. The van der Waals surface area contributed by atoms with Gasteiger partial charge in [0.1, 0.15) is 0 Å². The Kier molecular flexibility index (Phi) is 7.96. The van der Waals surface area contributed by atoms with Gasteiger partial charge >= 0.3 is 12.1 Å². The van der Waals surface area contributed by atoms with Crippen LogP contribution < -0.4 is 5.32 Å². The van der Waals surface area contributed by atoms with E-state index in [0.717, 1.165) is 5.57 Å². The molecule has 0 radical (unpaired) electrons. The molecular formula is C11H17NO4S. The molecule has 17 heavy (non-hydrogen) atoms. The number of nitrogens with one attached hydrogen (secondary N) is 1. The van der Waals surface area contributed by atoms with Crippen molar-refractivity contribution in [3.05, 3.63) is 23.6 Å². The summed E-state index contributed by atoms with van der Waals surface area (Å²) >= 11 is 1.52. The standard InChI is InChI=1S/C11H17NO4S/c1-8(4-5-17-3)6-9(7-10(13)14)12-11(15)16-2/h4-5,9H,1,6-7H2,2-3H3,(H,12,15)(H,13,14). The van der Waals surface area contributed by atoms with E-state index in [4.69, 9.17) is 5.11 Å². The highest BCUT2D eigenvalue weighted by atomic mass is 32.2. The zero-order valence-corrected chi connectivity index (χ0v) is 10.8. The first-order valence-electron chi connectivity index (χ1n) is 4.93. The minimum atomic E-state index is -0.979. The van der Waals surface area contributed by atoms with Crippen LogP contribution in [-0.2, 0) is 9.53 Å². The molecule has 0 aliphatic rings. The maximum atomic E-state index is 11.0. The van der Waals surface area contributed by atoms with E-state index in [9.17, 15) is 9.59 Å². The van der Waals surface area contributed by atoms with Crippen molar-refractivity contribution in [1.29, 1.82) is 0 Å². The SMILES string of the molecule is C=C(C=CSC)CC(CC(=O)O)NC(=O)OC. The molecule has 0 saturated carbocycles. The summed E-state index contributed by atoms with van der Waals surface area (Å²) in [5.74, 6) is -0.979. The second-order valence-electron chi connectivity index (χ2n) is 3.33. The molecular weight excluding hydrogens is 242 g/mol. The Morgan fingerprint density at radius 3 is 2.65 bits per heavy atom. The van der Waals surface area contributed by atoms with Gasteiger partial charge in [0, 0.05) is 6.04 Å². The lowest BCUT2D eigenvalue weighted by Crippen LogP contribution is -2.36. The van der Waals surface area contributed by atoms with Crippen molar-refractivity contribution >= 4 is 23.8 Å². The first kappa shape index (κ1) is 15.6. The molecule has 2 N–H and O–H groups in total. The highest BCUT2D eigenvalue weighted by molar-refractivity contribution is 8.01. The number of amides is 1. The van der Waals surface area contributed by atoms with E-state index in [1.54, 1.807) is 6.08 Å². The number of allylic oxidation sites excluding steroid dienone is 1. The monoisotopic (exact) mass is 259 g/mol. The minimum absolute atomic E-state index is 0.165. The van der Waals surface area contributed by atoms with Crippen LogP contribution in [0.1, 0.15) is 12.8 Å². The minimum Gasteiger partial charge on any atom is -0.481 e. The van der Waals surface area contributed by atoms with Crippen molar-refractivity contribution in [1.82, 2.24) is 5.32 Å². The number of carboxylic acids is 1. The maximum absolute atomic E-state index is 11.0. The lowest BCUT2D eigenvalue weighted by atomic mass is 10.1. The van der Waals surface area contributed by atoms with Gasteiger partial charge in [0.05, 0.1) is 13.5 Å². The summed E-state index contributed by atoms with van der Waals surface area (Å²) in [6.07, 6.45) is 3.27. The summed E-state index contributed by atoms with van der Waals surface area (Å²) < 4.78 is 4.43. The fourth-order valence-electron chi connectivity index (χ4n) is 1.16. The van der Waals surface area contributed by atoms with Gasteiger partial charge in [0.2, 0.25) is 0 Å². The predicted octanol–water partition coefficient (Wildman–Crippen LogP) is 2.01. The van der Waals surface area contributed by atoms with Gasteiger partial charge in [-0.05, 0) is 18.1 Å². The number of ether oxygens (including phenoxy) is 1. The van der Waals surface area contributed by atoms with Crippen LogP contribution in [0.5, 0.6) is 0 Å². The number of thioether (sulfide) groups is 1. The van der Waals surface area contributed by atoms with Gasteiger partial charge < -0.3 is 15.2 Å². The van der Waals surface area contributed by atoms with Crippen molar-refractivity contribution in [2.45, 2.75) is 18.9 Å². The summed E-state index contributed by atoms with van der Waals surface area (Å²) in [6.45, 7) is 3.79. The number of carbonyl (C=O) groups excluding carboxylic acids is 1. The Labute approximate surface area is 105 Å². The number of carbonyl (C=O) groups is 2. The third kappa shape index (κ3) is 8.38. The summed E-state index contributed by atoms with van der Waals surface area (Å²) in [4.78, 5) is 21.7. The molecule has 1 amide bonds. The molecule has 5 nitrogen and oxygen atoms in total. The Balaban J connectivity index is 4.37. The van der Waals surface area contributed by atoms with E-state index in [1.807, 2.05) is 11.7 Å². The topological polar surface area (TPSA) is 75.6 Å². The number of methoxy groups -OCH3 is 1. The largest absolute Gasteiger partial charge is 0.481 e. The highest BCUT2D eigenvalue weighted by Gasteiger charge is 2.16. The second-order valence-corrected chi connectivity index (χ2v) is 4.08. The normalized spacial score (nSPS) is 12.1. The van der Waals surface area contributed by atoms with E-state index >= 15 is 0 Å². The molecule has 96 valence electrons. The van der Waals surface area contributed by atoms with Crippen LogP contribution in [-0.4, -0.2) is 36.6 Å². The van der Waals surface area contributed by atoms with Gasteiger partial charge in [0.25, 0.3) is 0 Å². The molecule has 6 heteroatoms. The second kappa shape index (κ2) is 8.69. The van der Waals surface area contributed by atoms with Crippen LogP contribution >= 0.6 is 11.8 Å². The Morgan fingerprint density at radius 2 is 2.18 bits per heavy atom. The third-order valence-corrected chi connectivity index (χ3v) is 2.29. The number of alkyl carbamates (subject to hydrolysis) is 1. The first-order chi connectivity index (χ1) is 7.99. The van der Waals surface area contributed by atoms with E-state index in [0.29, 0.717) is 6.42 Å². The Morgan fingerprint density at radius 1 is 1.53 bits per heavy atom. The molecule has 0 bridgehead atoms. The maximum Gasteiger partial charge on any atom is 0.407 e.